The van der Waals surface area contributed by atoms with Gasteiger partial charge < -0.3 is 0 Å². The van der Waals surface area contributed by atoms with E-state index in [0.717, 1.165) is 27.3 Å². The molecule has 5 rings (SSSR count). The second kappa shape index (κ2) is 7.62. The normalized spacial score (nSPS) is 19.5. The van der Waals surface area contributed by atoms with Gasteiger partial charge in [0, 0.05) is 30.0 Å². The fourth-order valence-electron chi connectivity index (χ4n) is 4.89. The van der Waals surface area contributed by atoms with Crippen molar-refractivity contribution in [1.29, 1.82) is 0 Å². The number of alkyl halides is 3. The number of benzene rings is 3. The molecule has 1 heterocycles. The zero-order chi connectivity index (χ0) is 22.5. The first-order chi connectivity index (χ1) is 15.3. The molecule has 1 atom stereocenters. The third-order valence-electron chi connectivity index (χ3n) is 6.30. The summed E-state index contributed by atoms with van der Waals surface area (Å²) >= 11 is 0. The number of anilines is 1. The fourth-order valence-corrected chi connectivity index (χ4v) is 4.89. The molecule has 3 aromatic rings. The van der Waals surface area contributed by atoms with E-state index in [1.54, 1.807) is 0 Å². The van der Waals surface area contributed by atoms with Gasteiger partial charge in [0.05, 0.1) is 11.3 Å². The molecule has 6 heteroatoms. The lowest BCUT2D eigenvalue weighted by Gasteiger charge is -2.39. The number of hydrogen-bond donors (Lipinski definition) is 0. The molecule has 0 saturated carbocycles. The van der Waals surface area contributed by atoms with Gasteiger partial charge in [-0.05, 0) is 41.3 Å². The summed E-state index contributed by atoms with van der Waals surface area (Å²) in [4.78, 5) is 27.5. The van der Waals surface area contributed by atoms with Crippen LogP contribution in [-0.2, 0) is 15.8 Å². The van der Waals surface area contributed by atoms with Gasteiger partial charge in [-0.2, -0.15) is 13.2 Å². The molecule has 0 bridgehead atoms. The molecule has 0 radical (unpaired) electrons. The Kier molecular flexibility index (Phi) is 4.88. The Bertz CT molecular complexity index is 1280. The molecule has 32 heavy (non-hydrogen) atoms. The van der Waals surface area contributed by atoms with E-state index in [9.17, 15) is 22.8 Å². The van der Waals surface area contributed by atoms with E-state index in [1.165, 1.54) is 18.2 Å². The summed E-state index contributed by atoms with van der Waals surface area (Å²) in [6.45, 7) is 0. The molecule has 1 aliphatic heterocycles. The first-order valence-electron chi connectivity index (χ1n) is 10.6. The van der Waals surface area contributed by atoms with Gasteiger partial charge in [-0.1, -0.05) is 54.6 Å². The molecular formula is C26H20F3NO2. The monoisotopic (exact) mass is 435 g/mol. The number of nitrogens with zero attached hydrogens (tertiary/aromatic N) is 1. The maximum atomic E-state index is 13.7. The van der Waals surface area contributed by atoms with Crippen LogP contribution < -0.4 is 4.90 Å². The van der Waals surface area contributed by atoms with E-state index in [2.05, 4.69) is 0 Å². The summed E-state index contributed by atoms with van der Waals surface area (Å²) < 4.78 is 41.1. The van der Waals surface area contributed by atoms with Crippen molar-refractivity contribution in [3.63, 3.8) is 0 Å². The van der Waals surface area contributed by atoms with Crippen LogP contribution in [0.3, 0.4) is 0 Å². The third kappa shape index (κ3) is 3.40. The summed E-state index contributed by atoms with van der Waals surface area (Å²) in [5.74, 6) is -0.969. The van der Waals surface area contributed by atoms with Crippen LogP contribution in [0, 0.1) is 0 Å². The van der Waals surface area contributed by atoms with Gasteiger partial charge in [-0.25, -0.2) is 0 Å². The lowest BCUT2D eigenvalue weighted by Crippen LogP contribution is -2.41. The Morgan fingerprint density at radius 1 is 0.844 bits per heavy atom. The number of amides is 1. The first-order valence-corrected chi connectivity index (χ1v) is 10.6. The number of carbonyl (C=O) groups is 2. The van der Waals surface area contributed by atoms with Crippen LogP contribution in [0.2, 0.25) is 0 Å². The van der Waals surface area contributed by atoms with Gasteiger partial charge in [0.25, 0.3) is 0 Å². The number of para-hydroxylation sites is 1. The summed E-state index contributed by atoms with van der Waals surface area (Å²) in [5, 5.41) is 2.04. The molecule has 2 aliphatic rings. The van der Waals surface area contributed by atoms with Crippen molar-refractivity contribution in [2.45, 2.75) is 37.8 Å². The molecule has 0 saturated heterocycles. The Labute approximate surface area is 183 Å². The van der Waals surface area contributed by atoms with Crippen LogP contribution >= 0.6 is 0 Å². The summed E-state index contributed by atoms with van der Waals surface area (Å²) in [6.07, 6.45) is -3.41. The maximum absolute atomic E-state index is 13.7. The maximum Gasteiger partial charge on any atom is 0.418 e. The van der Waals surface area contributed by atoms with Crippen molar-refractivity contribution >= 4 is 28.2 Å². The second-order valence-corrected chi connectivity index (χ2v) is 8.24. The zero-order valence-corrected chi connectivity index (χ0v) is 17.2. The number of fused-ring (bicyclic) bond motifs is 1. The minimum Gasteiger partial charge on any atom is -0.294 e. The molecule has 3 aromatic carbocycles. The van der Waals surface area contributed by atoms with Gasteiger partial charge >= 0.3 is 6.18 Å². The van der Waals surface area contributed by atoms with Crippen LogP contribution in [0.5, 0.6) is 0 Å². The number of carbonyl (C=O) groups excluding carboxylic acids is 2. The van der Waals surface area contributed by atoms with E-state index in [4.69, 9.17) is 0 Å². The average Bonchev–Trinajstić information content (AvgIpc) is 2.78. The largest absolute Gasteiger partial charge is 0.418 e. The topological polar surface area (TPSA) is 37.4 Å². The second-order valence-electron chi connectivity index (χ2n) is 8.24. The van der Waals surface area contributed by atoms with Crippen LogP contribution in [0.1, 0.15) is 42.7 Å². The predicted octanol–water partition coefficient (Wildman–Crippen LogP) is 6.39. The highest BCUT2D eigenvalue weighted by atomic mass is 19.4. The first kappa shape index (κ1) is 20.5. The number of allylic oxidation sites excluding steroid dienone is 2. The Morgan fingerprint density at radius 3 is 2.34 bits per heavy atom. The molecule has 1 unspecified atom stereocenters. The van der Waals surface area contributed by atoms with Gasteiger partial charge in [-0.15, -0.1) is 0 Å². The molecule has 3 nitrogen and oxygen atoms in total. The van der Waals surface area contributed by atoms with Crippen LogP contribution in [0.4, 0.5) is 18.9 Å². The highest BCUT2D eigenvalue weighted by Gasteiger charge is 2.43. The van der Waals surface area contributed by atoms with Crippen LogP contribution in [0.15, 0.2) is 78.0 Å². The quantitative estimate of drug-likeness (QED) is 0.468. The van der Waals surface area contributed by atoms with Gasteiger partial charge in [0.15, 0.2) is 5.78 Å². The highest BCUT2D eigenvalue weighted by Crippen LogP contribution is 2.46. The van der Waals surface area contributed by atoms with Crippen LogP contribution in [-0.4, -0.2) is 11.7 Å². The molecule has 162 valence electrons. The van der Waals surface area contributed by atoms with Gasteiger partial charge in [-0.3, -0.25) is 14.5 Å². The Morgan fingerprint density at radius 2 is 1.56 bits per heavy atom. The molecule has 0 spiro atoms. The van der Waals surface area contributed by atoms with Crippen molar-refractivity contribution in [3.05, 3.63) is 89.1 Å². The smallest absolute Gasteiger partial charge is 0.294 e. The molecule has 1 amide bonds. The van der Waals surface area contributed by atoms with Crippen molar-refractivity contribution < 1.29 is 22.8 Å². The minimum absolute atomic E-state index is 0.0465. The van der Waals surface area contributed by atoms with E-state index in [0.29, 0.717) is 30.5 Å². The molecule has 0 fully saturated rings. The van der Waals surface area contributed by atoms with E-state index < -0.39 is 23.6 Å². The SMILES string of the molecule is O=C1CCCC2=C1C(c1ccc3ccccc3c1)CC(=O)N2c1ccccc1C(F)(F)F. The molecule has 1 aliphatic carbocycles. The van der Waals surface area contributed by atoms with Crippen molar-refractivity contribution in [2.75, 3.05) is 4.90 Å². The van der Waals surface area contributed by atoms with Gasteiger partial charge in [0.2, 0.25) is 5.91 Å². The molecular weight excluding hydrogens is 415 g/mol. The Balaban J connectivity index is 1.68. The molecule has 0 N–H and O–H groups in total. The van der Waals surface area contributed by atoms with Crippen molar-refractivity contribution in [1.82, 2.24) is 0 Å². The lowest BCUT2D eigenvalue weighted by atomic mass is 9.76. The highest BCUT2D eigenvalue weighted by molar-refractivity contribution is 6.08. The van der Waals surface area contributed by atoms with Crippen LogP contribution in [0.25, 0.3) is 10.8 Å². The van der Waals surface area contributed by atoms with Crippen molar-refractivity contribution in [2.24, 2.45) is 0 Å². The number of ketones is 1. The van der Waals surface area contributed by atoms with E-state index in [1.807, 2.05) is 42.5 Å². The summed E-state index contributed by atoms with van der Waals surface area (Å²) in [7, 11) is 0. The summed E-state index contributed by atoms with van der Waals surface area (Å²) in [5.41, 5.74) is 0.644. The number of hydrogen-bond acceptors (Lipinski definition) is 2. The number of rotatable bonds is 2. The average molecular weight is 435 g/mol. The predicted molar refractivity (Wildman–Crippen MR) is 116 cm³/mol. The van der Waals surface area contributed by atoms with E-state index in [-0.39, 0.29) is 17.9 Å². The van der Waals surface area contributed by atoms with Gasteiger partial charge in [0.1, 0.15) is 0 Å². The zero-order valence-electron chi connectivity index (χ0n) is 17.2. The standard InChI is InChI=1S/C26H20F3NO2/c27-26(28,29)20-8-3-4-9-21(20)30-22-10-5-11-23(31)25(22)19(15-24(30)32)18-13-12-16-6-1-2-7-17(16)14-18/h1-4,6-9,12-14,19H,5,10-11,15H2. The number of halogens is 3. The van der Waals surface area contributed by atoms with Crippen molar-refractivity contribution in [3.8, 4) is 0 Å². The minimum atomic E-state index is -4.61. The molecule has 0 aromatic heterocycles. The number of Topliss-reactive ketones (excluding diaryl/α,β-unsaturated/α-hetero) is 1. The van der Waals surface area contributed by atoms with E-state index >= 15 is 0 Å². The fraction of sp³-hybridized carbons (Fsp3) is 0.231. The Hall–Kier alpha value is -3.41. The summed E-state index contributed by atoms with van der Waals surface area (Å²) in [6, 6.07) is 18.7. The lowest BCUT2D eigenvalue weighted by molar-refractivity contribution is -0.137. The third-order valence-corrected chi connectivity index (χ3v) is 6.30.